The molecule has 0 saturated carbocycles. The number of aliphatic hydroxyl groups excluding tert-OH is 1. The maximum absolute atomic E-state index is 9.06. The van der Waals surface area contributed by atoms with Crippen molar-refractivity contribution in [2.45, 2.75) is 58.5 Å². The summed E-state index contributed by atoms with van der Waals surface area (Å²) in [6, 6.07) is -0.312. The molecule has 0 bridgehead atoms. The topological polar surface area (TPSA) is 64.1 Å². The van der Waals surface area contributed by atoms with Gasteiger partial charge in [0.15, 0.2) is 0 Å². The van der Waals surface area contributed by atoms with Crippen LogP contribution in [-0.2, 0) is 6.54 Å². The molecular weight excluding hydrogens is 226 g/mol. The fourth-order valence-electron chi connectivity index (χ4n) is 2.11. The lowest BCUT2D eigenvalue weighted by Gasteiger charge is -2.12. The van der Waals surface area contributed by atoms with Gasteiger partial charge in [0.1, 0.15) is 0 Å². The summed E-state index contributed by atoms with van der Waals surface area (Å²) in [5.74, 6) is 0.813. The minimum absolute atomic E-state index is 0.0277. The molecule has 3 N–H and O–H groups in total. The standard InChI is InChI=1S/C14H27N3O/c1-12(2)7-5-3-4-6-8-17-11-16-9-14(17)13(15)10-18/h9,11-13,18H,3-8,10,15H2,1-2H3. The van der Waals surface area contributed by atoms with Gasteiger partial charge in [-0.25, -0.2) is 4.98 Å². The predicted octanol–water partition coefficient (Wildman–Crippen LogP) is 2.48. The van der Waals surface area contributed by atoms with Gasteiger partial charge < -0.3 is 15.4 Å². The summed E-state index contributed by atoms with van der Waals surface area (Å²) in [6.45, 7) is 5.47. The number of nitrogens with zero attached hydrogens (tertiary/aromatic N) is 2. The SMILES string of the molecule is CC(C)CCCCCCn1cncc1C(N)CO. The third kappa shape index (κ3) is 5.19. The van der Waals surface area contributed by atoms with Crippen LogP contribution in [0.5, 0.6) is 0 Å². The molecule has 1 rings (SSSR count). The molecule has 0 amide bonds. The first-order valence-electron chi connectivity index (χ1n) is 7.01. The molecule has 104 valence electrons. The minimum Gasteiger partial charge on any atom is -0.394 e. The number of aliphatic hydroxyl groups is 1. The van der Waals surface area contributed by atoms with Gasteiger partial charge in [-0.3, -0.25) is 0 Å². The van der Waals surface area contributed by atoms with E-state index in [4.69, 9.17) is 10.8 Å². The zero-order valence-electron chi connectivity index (χ0n) is 11.7. The third-order valence-corrected chi connectivity index (χ3v) is 3.25. The first kappa shape index (κ1) is 15.2. The molecule has 0 spiro atoms. The molecule has 0 saturated heterocycles. The van der Waals surface area contributed by atoms with E-state index in [9.17, 15) is 0 Å². The number of imidazole rings is 1. The largest absolute Gasteiger partial charge is 0.394 e. The van der Waals surface area contributed by atoms with Crippen molar-refractivity contribution in [1.82, 2.24) is 9.55 Å². The molecule has 1 aromatic heterocycles. The lowest BCUT2D eigenvalue weighted by molar-refractivity contribution is 0.263. The molecule has 0 radical (unpaired) electrons. The van der Waals surface area contributed by atoms with Crippen molar-refractivity contribution in [3.63, 3.8) is 0 Å². The van der Waals surface area contributed by atoms with Crippen molar-refractivity contribution < 1.29 is 5.11 Å². The van der Waals surface area contributed by atoms with E-state index < -0.39 is 0 Å². The molecular formula is C14H27N3O. The van der Waals surface area contributed by atoms with Gasteiger partial charge in [0.25, 0.3) is 0 Å². The Morgan fingerprint density at radius 1 is 1.28 bits per heavy atom. The quantitative estimate of drug-likeness (QED) is 0.665. The van der Waals surface area contributed by atoms with E-state index in [2.05, 4.69) is 23.4 Å². The van der Waals surface area contributed by atoms with Crippen molar-refractivity contribution in [1.29, 1.82) is 0 Å². The van der Waals surface area contributed by atoms with Crippen LogP contribution in [0.25, 0.3) is 0 Å². The summed E-state index contributed by atoms with van der Waals surface area (Å²) in [5, 5.41) is 9.06. The predicted molar refractivity (Wildman–Crippen MR) is 74.2 cm³/mol. The highest BCUT2D eigenvalue weighted by Crippen LogP contribution is 2.13. The Morgan fingerprint density at radius 3 is 2.67 bits per heavy atom. The second-order valence-electron chi connectivity index (χ2n) is 5.40. The molecule has 0 aliphatic rings. The summed E-state index contributed by atoms with van der Waals surface area (Å²) < 4.78 is 2.06. The van der Waals surface area contributed by atoms with Crippen molar-refractivity contribution in [3.8, 4) is 0 Å². The number of hydrogen-bond acceptors (Lipinski definition) is 3. The van der Waals surface area contributed by atoms with Gasteiger partial charge in [0.05, 0.1) is 24.7 Å². The van der Waals surface area contributed by atoms with Crippen LogP contribution in [0.1, 0.15) is 57.7 Å². The number of nitrogens with two attached hydrogens (primary N) is 1. The first-order valence-corrected chi connectivity index (χ1v) is 7.01. The number of aryl methyl sites for hydroxylation is 1. The van der Waals surface area contributed by atoms with E-state index in [1.165, 1.54) is 25.7 Å². The Kier molecular flexibility index (Phi) is 6.98. The average Bonchev–Trinajstić information content (AvgIpc) is 2.80. The molecule has 0 fully saturated rings. The van der Waals surface area contributed by atoms with Crippen LogP contribution in [0.2, 0.25) is 0 Å². The Hall–Kier alpha value is -0.870. The van der Waals surface area contributed by atoms with Gasteiger partial charge in [0, 0.05) is 12.7 Å². The fourth-order valence-corrected chi connectivity index (χ4v) is 2.11. The Morgan fingerprint density at radius 2 is 2.00 bits per heavy atom. The van der Waals surface area contributed by atoms with Crippen LogP contribution < -0.4 is 5.73 Å². The van der Waals surface area contributed by atoms with Crippen molar-refractivity contribution in [2.24, 2.45) is 11.7 Å². The lowest BCUT2D eigenvalue weighted by Crippen LogP contribution is -2.18. The number of hydrogen-bond donors (Lipinski definition) is 2. The van der Waals surface area contributed by atoms with Gasteiger partial charge in [-0.15, -0.1) is 0 Å². The molecule has 1 unspecified atom stereocenters. The van der Waals surface area contributed by atoms with Crippen LogP contribution in [0.15, 0.2) is 12.5 Å². The zero-order chi connectivity index (χ0) is 13.4. The minimum atomic E-state index is -0.312. The average molecular weight is 253 g/mol. The van der Waals surface area contributed by atoms with Crippen LogP contribution in [0.4, 0.5) is 0 Å². The van der Waals surface area contributed by atoms with Crippen LogP contribution in [-0.4, -0.2) is 21.3 Å². The van der Waals surface area contributed by atoms with Gasteiger partial charge in [-0.05, 0) is 12.3 Å². The molecule has 0 aliphatic carbocycles. The number of aromatic nitrogens is 2. The number of unbranched alkanes of at least 4 members (excludes halogenated alkanes) is 3. The maximum Gasteiger partial charge on any atom is 0.0948 e. The van der Waals surface area contributed by atoms with E-state index in [1.807, 2.05) is 0 Å². The van der Waals surface area contributed by atoms with Crippen molar-refractivity contribution in [3.05, 3.63) is 18.2 Å². The van der Waals surface area contributed by atoms with Gasteiger partial charge in [-0.1, -0.05) is 39.5 Å². The van der Waals surface area contributed by atoms with E-state index >= 15 is 0 Å². The smallest absolute Gasteiger partial charge is 0.0948 e. The highest BCUT2D eigenvalue weighted by Gasteiger charge is 2.09. The second-order valence-corrected chi connectivity index (χ2v) is 5.40. The van der Waals surface area contributed by atoms with E-state index in [1.54, 1.807) is 12.5 Å². The lowest BCUT2D eigenvalue weighted by atomic mass is 10.0. The van der Waals surface area contributed by atoms with E-state index in [0.717, 1.165) is 24.6 Å². The van der Waals surface area contributed by atoms with Crippen LogP contribution in [0.3, 0.4) is 0 Å². The molecule has 0 aromatic carbocycles. The molecule has 0 aliphatic heterocycles. The highest BCUT2D eigenvalue weighted by molar-refractivity contribution is 5.04. The normalized spacial score (nSPS) is 13.2. The van der Waals surface area contributed by atoms with Gasteiger partial charge >= 0.3 is 0 Å². The Labute approximate surface area is 110 Å². The Balaban J connectivity index is 2.21. The monoisotopic (exact) mass is 253 g/mol. The summed E-state index contributed by atoms with van der Waals surface area (Å²) in [6.07, 6.45) is 9.90. The molecule has 18 heavy (non-hydrogen) atoms. The first-order chi connectivity index (χ1) is 8.65. The summed E-state index contributed by atoms with van der Waals surface area (Å²) in [5.41, 5.74) is 6.74. The molecule has 1 atom stereocenters. The van der Waals surface area contributed by atoms with Crippen LogP contribution in [0, 0.1) is 5.92 Å². The zero-order valence-corrected chi connectivity index (χ0v) is 11.7. The summed E-state index contributed by atoms with van der Waals surface area (Å²) in [7, 11) is 0. The molecule has 1 aromatic rings. The van der Waals surface area contributed by atoms with Gasteiger partial charge in [0.2, 0.25) is 0 Å². The molecule has 1 heterocycles. The Bertz CT molecular complexity index is 323. The number of rotatable bonds is 9. The third-order valence-electron chi connectivity index (χ3n) is 3.25. The van der Waals surface area contributed by atoms with Crippen LogP contribution >= 0.6 is 0 Å². The fraction of sp³-hybridized carbons (Fsp3) is 0.786. The molecule has 4 nitrogen and oxygen atoms in total. The van der Waals surface area contributed by atoms with Crippen molar-refractivity contribution in [2.75, 3.05) is 6.61 Å². The van der Waals surface area contributed by atoms with Crippen molar-refractivity contribution >= 4 is 0 Å². The van der Waals surface area contributed by atoms with E-state index in [-0.39, 0.29) is 12.6 Å². The van der Waals surface area contributed by atoms with Gasteiger partial charge in [-0.2, -0.15) is 0 Å². The highest BCUT2D eigenvalue weighted by atomic mass is 16.3. The van der Waals surface area contributed by atoms with E-state index in [0.29, 0.717) is 0 Å². The summed E-state index contributed by atoms with van der Waals surface area (Å²) in [4.78, 5) is 4.10. The summed E-state index contributed by atoms with van der Waals surface area (Å²) >= 11 is 0. The molecule has 4 heteroatoms. The second kappa shape index (κ2) is 8.27. The maximum atomic E-state index is 9.06.